The summed E-state index contributed by atoms with van der Waals surface area (Å²) < 4.78 is 10.4. The molecule has 0 aliphatic carbocycles. The lowest BCUT2D eigenvalue weighted by atomic mass is 10.2. The van der Waals surface area contributed by atoms with Crippen LogP contribution in [0, 0.1) is 0 Å². The molecule has 22 heavy (non-hydrogen) atoms. The molecular formula is C16H16N2O4. The lowest BCUT2D eigenvalue weighted by Gasteiger charge is -2.10. The number of amides is 2. The molecule has 0 heterocycles. The monoisotopic (exact) mass is 300 g/mol. The van der Waals surface area contributed by atoms with Gasteiger partial charge in [0.2, 0.25) is 0 Å². The smallest absolute Gasteiger partial charge is 0.262 e. The van der Waals surface area contributed by atoms with Crippen molar-refractivity contribution >= 4 is 17.5 Å². The molecule has 0 aliphatic heterocycles. The van der Waals surface area contributed by atoms with Crippen LogP contribution in [0.25, 0.3) is 0 Å². The first-order chi connectivity index (χ1) is 10.6. The second-order valence-corrected chi connectivity index (χ2v) is 4.43. The van der Waals surface area contributed by atoms with E-state index in [1.807, 2.05) is 0 Å². The molecular weight excluding hydrogens is 284 g/mol. The van der Waals surface area contributed by atoms with Crippen LogP contribution in [-0.4, -0.2) is 25.5 Å². The SMILES string of the molecule is COc1ccc(NC(=O)COc2ccccc2C(N)=O)cc1. The Morgan fingerprint density at radius 1 is 1.09 bits per heavy atom. The number of carbonyl (C=O) groups excluding carboxylic acids is 2. The predicted octanol–water partition coefficient (Wildman–Crippen LogP) is 1.81. The van der Waals surface area contributed by atoms with Gasteiger partial charge in [-0.2, -0.15) is 0 Å². The van der Waals surface area contributed by atoms with Gasteiger partial charge in [0.15, 0.2) is 6.61 Å². The van der Waals surface area contributed by atoms with Crippen molar-refractivity contribution in [3.05, 3.63) is 54.1 Å². The molecule has 0 saturated heterocycles. The van der Waals surface area contributed by atoms with E-state index >= 15 is 0 Å². The van der Waals surface area contributed by atoms with Crippen molar-refractivity contribution in [3.8, 4) is 11.5 Å². The molecule has 0 aromatic heterocycles. The summed E-state index contributed by atoms with van der Waals surface area (Å²) in [5, 5.41) is 2.68. The maximum absolute atomic E-state index is 11.8. The minimum atomic E-state index is -0.605. The highest BCUT2D eigenvalue weighted by atomic mass is 16.5. The first-order valence-corrected chi connectivity index (χ1v) is 6.55. The van der Waals surface area contributed by atoms with E-state index in [9.17, 15) is 9.59 Å². The van der Waals surface area contributed by atoms with E-state index < -0.39 is 5.91 Å². The van der Waals surface area contributed by atoms with Crippen molar-refractivity contribution in [1.82, 2.24) is 0 Å². The summed E-state index contributed by atoms with van der Waals surface area (Å²) in [4.78, 5) is 23.1. The van der Waals surface area contributed by atoms with Gasteiger partial charge >= 0.3 is 0 Å². The maximum atomic E-state index is 11.8. The number of hydrogen-bond donors (Lipinski definition) is 2. The van der Waals surface area contributed by atoms with Gasteiger partial charge in [0.1, 0.15) is 11.5 Å². The lowest BCUT2D eigenvalue weighted by Crippen LogP contribution is -2.21. The first-order valence-electron chi connectivity index (χ1n) is 6.55. The summed E-state index contributed by atoms with van der Waals surface area (Å²) in [6, 6.07) is 13.4. The molecule has 2 aromatic rings. The Hall–Kier alpha value is -3.02. The second-order valence-electron chi connectivity index (χ2n) is 4.43. The van der Waals surface area contributed by atoms with Crippen molar-refractivity contribution < 1.29 is 19.1 Å². The standard InChI is InChI=1S/C16H16N2O4/c1-21-12-8-6-11(7-9-12)18-15(19)10-22-14-5-3-2-4-13(14)16(17)20/h2-9H,10H2,1H3,(H2,17,20)(H,18,19). The average Bonchev–Trinajstić information content (AvgIpc) is 2.54. The zero-order valence-corrected chi connectivity index (χ0v) is 12.0. The summed E-state index contributed by atoms with van der Waals surface area (Å²) in [5.74, 6) is 0.0279. The molecule has 0 unspecified atom stereocenters. The van der Waals surface area contributed by atoms with Gasteiger partial charge in [-0.3, -0.25) is 9.59 Å². The molecule has 0 atom stereocenters. The Bertz CT molecular complexity index is 668. The van der Waals surface area contributed by atoms with Gasteiger partial charge in [-0.05, 0) is 36.4 Å². The van der Waals surface area contributed by atoms with Crippen LogP contribution in [0.5, 0.6) is 11.5 Å². The van der Waals surface area contributed by atoms with E-state index in [1.165, 1.54) is 0 Å². The van der Waals surface area contributed by atoms with Crippen LogP contribution in [0.3, 0.4) is 0 Å². The Kier molecular flexibility index (Phi) is 4.98. The van der Waals surface area contributed by atoms with Gasteiger partial charge < -0.3 is 20.5 Å². The second kappa shape index (κ2) is 7.12. The minimum absolute atomic E-state index is 0.226. The van der Waals surface area contributed by atoms with Gasteiger partial charge in [0, 0.05) is 5.69 Å². The maximum Gasteiger partial charge on any atom is 0.262 e. The van der Waals surface area contributed by atoms with E-state index in [0.717, 1.165) is 0 Å². The van der Waals surface area contributed by atoms with Crippen molar-refractivity contribution in [2.45, 2.75) is 0 Å². The fourth-order valence-electron chi connectivity index (χ4n) is 1.81. The molecule has 6 nitrogen and oxygen atoms in total. The number of primary amides is 1. The third-order valence-corrected chi connectivity index (χ3v) is 2.89. The van der Waals surface area contributed by atoms with Crippen LogP contribution in [0.4, 0.5) is 5.69 Å². The molecule has 0 radical (unpaired) electrons. The molecule has 0 spiro atoms. The van der Waals surface area contributed by atoms with Crippen molar-refractivity contribution in [3.63, 3.8) is 0 Å². The molecule has 0 bridgehead atoms. The number of methoxy groups -OCH3 is 1. The number of hydrogen-bond acceptors (Lipinski definition) is 4. The molecule has 6 heteroatoms. The summed E-state index contributed by atoms with van der Waals surface area (Å²) in [6.07, 6.45) is 0. The summed E-state index contributed by atoms with van der Waals surface area (Å²) in [6.45, 7) is -0.226. The highest BCUT2D eigenvalue weighted by Gasteiger charge is 2.10. The van der Waals surface area contributed by atoms with Gasteiger partial charge in [-0.1, -0.05) is 12.1 Å². The third kappa shape index (κ3) is 3.99. The van der Waals surface area contributed by atoms with Crippen LogP contribution in [0.1, 0.15) is 10.4 Å². The summed E-state index contributed by atoms with van der Waals surface area (Å²) in [7, 11) is 1.57. The number of nitrogens with two attached hydrogens (primary N) is 1. The van der Waals surface area contributed by atoms with Crippen molar-refractivity contribution in [1.29, 1.82) is 0 Å². The predicted molar refractivity (Wildman–Crippen MR) is 82.1 cm³/mol. The van der Waals surface area contributed by atoms with Gasteiger partial charge in [0.25, 0.3) is 11.8 Å². The van der Waals surface area contributed by atoms with E-state index in [0.29, 0.717) is 11.4 Å². The quantitative estimate of drug-likeness (QED) is 0.851. The fourth-order valence-corrected chi connectivity index (χ4v) is 1.81. The van der Waals surface area contributed by atoms with E-state index in [-0.39, 0.29) is 23.8 Å². The van der Waals surface area contributed by atoms with Crippen LogP contribution in [0.15, 0.2) is 48.5 Å². The number of nitrogens with one attached hydrogen (secondary N) is 1. The normalized spacial score (nSPS) is 9.86. The molecule has 2 rings (SSSR count). The number of carbonyl (C=O) groups is 2. The summed E-state index contributed by atoms with van der Waals surface area (Å²) >= 11 is 0. The minimum Gasteiger partial charge on any atom is -0.497 e. The van der Waals surface area contributed by atoms with Crippen LogP contribution >= 0.6 is 0 Å². The Morgan fingerprint density at radius 3 is 2.41 bits per heavy atom. The zero-order chi connectivity index (χ0) is 15.9. The molecule has 0 aliphatic rings. The molecule has 0 saturated carbocycles. The number of anilines is 1. The number of rotatable bonds is 6. The van der Waals surface area contributed by atoms with Crippen LogP contribution < -0.4 is 20.5 Å². The fraction of sp³-hybridized carbons (Fsp3) is 0.125. The molecule has 114 valence electrons. The zero-order valence-electron chi connectivity index (χ0n) is 12.0. The van der Waals surface area contributed by atoms with Gasteiger partial charge in [-0.25, -0.2) is 0 Å². The number of para-hydroxylation sites is 1. The molecule has 3 N–H and O–H groups in total. The molecule has 0 fully saturated rings. The van der Waals surface area contributed by atoms with E-state index in [4.69, 9.17) is 15.2 Å². The van der Waals surface area contributed by atoms with Gasteiger partial charge in [-0.15, -0.1) is 0 Å². The van der Waals surface area contributed by atoms with Crippen molar-refractivity contribution in [2.24, 2.45) is 5.73 Å². The summed E-state index contributed by atoms with van der Waals surface area (Å²) in [5.41, 5.74) is 6.10. The molecule has 2 aromatic carbocycles. The highest BCUT2D eigenvalue weighted by Crippen LogP contribution is 2.18. The highest BCUT2D eigenvalue weighted by molar-refractivity contribution is 5.96. The lowest BCUT2D eigenvalue weighted by molar-refractivity contribution is -0.118. The average molecular weight is 300 g/mol. The Morgan fingerprint density at radius 2 is 1.77 bits per heavy atom. The first kappa shape index (κ1) is 15.4. The Balaban J connectivity index is 1.94. The number of ether oxygens (including phenoxy) is 2. The van der Waals surface area contributed by atoms with Gasteiger partial charge in [0.05, 0.1) is 12.7 Å². The van der Waals surface area contributed by atoms with E-state index in [1.54, 1.807) is 55.6 Å². The van der Waals surface area contributed by atoms with E-state index in [2.05, 4.69) is 5.32 Å². The van der Waals surface area contributed by atoms with Crippen molar-refractivity contribution in [2.75, 3.05) is 19.0 Å². The van der Waals surface area contributed by atoms with Crippen LogP contribution in [0.2, 0.25) is 0 Å². The van der Waals surface area contributed by atoms with Crippen LogP contribution in [-0.2, 0) is 4.79 Å². The third-order valence-electron chi connectivity index (χ3n) is 2.89. The topological polar surface area (TPSA) is 90.7 Å². The molecule has 2 amide bonds. The Labute approximate surface area is 127 Å². The largest absolute Gasteiger partial charge is 0.497 e. The number of benzene rings is 2.